The Morgan fingerprint density at radius 1 is 1.23 bits per heavy atom. The van der Waals surface area contributed by atoms with Gasteiger partial charge in [-0.3, -0.25) is 9.69 Å². The Kier molecular flexibility index (Phi) is 4.98. The number of thiazole rings is 1. The second-order valence-electron chi connectivity index (χ2n) is 6.52. The number of piperidine rings is 1. The fourth-order valence-corrected chi connectivity index (χ4v) is 4.02. The zero-order valence-corrected chi connectivity index (χ0v) is 14.4. The Morgan fingerprint density at radius 2 is 1.91 bits per heavy atom. The average Bonchev–Trinajstić information content (AvgIpc) is 3.09. The summed E-state index contributed by atoms with van der Waals surface area (Å²) >= 11 is 1.69. The molecule has 0 aliphatic carbocycles. The Morgan fingerprint density at radius 3 is 2.50 bits per heavy atom. The molecule has 2 aliphatic rings. The van der Waals surface area contributed by atoms with Crippen molar-refractivity contribution < 1.29 is 4.79 Å². The van der Waals surface area contributed by atoms with Gasteiger partial charge in [-0.05, 0) is 25.7 Å². The first-order chi connectivity index (χ1) is 10.6. The number of hydrogen-bond acceptors (Lipinski definition) is 5. The number of piperazine rings is 1. The van der Waals surface area contributed by atoms with Crippen LogP contribution in [0.2, 0.25) is 0 Å². The fraction of sp³-hybridized carbons (Fsp3) is 0.750. The lowest BCUT2D eigenvalue weighted by atomic mass is 9.98. The first-order valence-corrected chi connectivity index (χ1v) is 9.20. The lowest BCUT2D eigenvalue weighted by molar-refractivity contribution is -0.137. The smallest absolute Gasteiger partial charge is 0.239 e. The molecule has 2 aliphatic heterocycles. The predicted octanol–water partition coefficient (Wildman–Crippen LogP) is 1.91. The van der Waals surface area contributed by atoms with Crippen LogP contribution in [0.4, 0.5) is 5.13 Å². The van der Waals surface area contributed by atoms with E-state index >= 15 is 0 Å². The quantitative estimate of drug-likeness (QED) is 0.852. The molecule has 0 bridgehead atoms. The van der Waals surface area contributed by atoms with Gasteiger partial charge in [0.05, 0.1) is 6.04 Å². The fourth-order valence-electron chi connectivity index (χ4n) is 3.32. The molecule has 0 unspecified atom stereocenters. The van der Waals surface area contributed by atoms with Crippen LogP contribution in [0.15, 0.2) is 11.6 Å². The number of carbonyl (C=O) groups excluding carboxylic acids is 1. The highest BCUT2D eigenvalue weighted by Gasteiger charge is 2.30. The maximum Gasteiger partial charge on any atom is 0.239 e. The highest BCUT2D eigenvalue weighted by molar-refractivity contribution is 7.13. The third-order valence-electron chi connectivity index (χ3n) is 5.00. The van der Waals surface area contributed by atoms with Crippen molar-refractivity contribution in [2.45, 2.75) is 32.7 Å². The molecule has 3 rings (SSSR count). The van der Waals surface area contributed by atoms with E-state index in [2.05, 4.69) is 33.5 Å². The summed E-state index contributed by atoms with van der Waals surface area (Å²) in [7, 11) is 0. The van der Waals surface area contributed by atoms with Gasteiger partial charge in [0.1, 0.15) is 0 Å². The highest BCUT2D eigenvalue weighted by atomic mass is 32.1. The monoisotopic (exact) mass is 322 g/mol. The molecule has 1 aromatic heterocycles. The van der Waals surface area contributed by atoms with Crippen molar-refractivity contribution >= 4 is 22.4 Å². The summed E-state index contributed by atoms with van der Waals surface area (Å²) in [5.41, 5.74) is 0. The van der Waals surface area contributed by atoms with E-state index in [1.165, 1.54) is 0 Å². The second kappa shape index (κ2) is 6.96. The normalized spacial score (nSPS) is 22.8. The van der Waals surface area contributed by atoms with Gasteiger partial charge < -0.3 is 9.80 Å². The van der Waals surface area contributed by atoms with Gasteiger partial charge in [0.2, 0.25) is 5.91 Å². The molecule has 1 aromatic rings. The van der Waals surface area contributed by atoms with Crippen LogP contribution >= 0.6 is 11.3 Å². The molecule has 0 saturated carbocycles. The lowest BCUT2D eigenvalue weighted by Crippen LogP contribution is -2.55. The van der Waals surface area contributed by atoms with Crippen molar-refractivity contribution in [2.24, 2.45) is 5.92 Å². The van der Waals surface area contributed by atoms with Gasteiger partial charge in [-0.15, -0.1) is 11.3 Å². The lowest BCUT2D eigenvalue weighted by Gasteiger charge is -2.40. The molecule has 22 heavy (non-hydrogen) atoms. The van der Waals surface area contributed by atoms with Gasteiger partial charge >= 0.3 is 0 Å². The van der Waals surface area contributed by atoms with Gasteiger partial charge in [0.25, 0.3) is 0 Å². The van der Waals surface area contributed by atoms with E-state index in [1.54, 1.807) is 11.3 Å². The Balaban J connectivity index is 1.51. The molecule has 122 valence electrons. The molecule has 6 heteroatoms. The molecule has 1 atom stereocenters. The number of anilines is 1. The number of rotatable bonds is 3. The third-order valence-corrected chi connectivity index (χ3v) is 5.84. The van der Waals surface area contributed by atoms with Crippen molar-refractivity contribution in [1.29, 1.82) is 0 Å². The van der Waals surface area contributed by atoms with E-state index in [0.717, 1.165) is 63.2 Å². The molecule has 5 nitrogen and oxygen atoms in total. The zero-order valence-electron chi connectivity index (χ0n) is 13.6. The predicted molar refractivity (Wildman–Crippen MR) is 90.3 cm³/mol. The largest absolute Gasteiger partial charge is 0.346 e. The summed E-state index contributed by atoms with van der Waals surface area (Å²) in [6, 6.07) is 0.00634. The molecule has 1 amide bonds. The van der Waals surface area contributed by atoms with E-state index < -0.39 is 0 Å². The van der Waals surface area contributed by atoms with Crippen molar-refractivity contribution in [2.75, 3.05) is 44.2 Å². The summed E-state index contributed by atoms with van der Waals surface area (Å²) in [4.78, 5) is 23.8. The van der Waals surface area contributed by atoms with Gasteiger partial charge in [-0.2, -0.15) is 0 Å². The zero-order chi connectivity index (χ0) is 15.5. The first-order valence-electron chi connectivity index (χ1n) is 8.32. The number of hydrogen-bond donors (Lipinski definition) is 0. The Labute approximate surface area is 136 Å². The number of amides is 1. The molecular weight excluding hydrogens is 296 g/mol. The van der Waals surface area contributed by atoms with E-state index in [9.17, 15) is 4.79 Å². The Bertz CT molecular complexity index is 476. The van der Waals surface area contributed by atoms with Crippen LogP contribution in [0, 0.1) is 5.92 Å². The molecular formula is C16H26N4OS. The summed E-state index contributed by atoms with van der Waals surface area (Å²) in [5.74, 6) is 1.08. The molecule has 0 N–H and O–H groups in total. The molecule has 3 heterocycles. The summed E-state index contributed by atoms with van der Waals surface area (Å²) in [6.45, 7) is 10.0. The summed E-state index contributed by atoms with van der Waals surface area (Å²) in [6.07, 6.45) is 4.16. The van der Waals surface area contributed by atoms with Crippen LogP contribution in [-0.2, 0) is 4.79 Å². The van der Waals surface area contributed by atoms with Crippen LogP contribution in [0.5, 0.6) is 0 Å². The van der Waals surface area contributed by atoms with Crippen LogP contribution in [0.1, 0.15) is 26.7 Å². The maximum absolute atomic E-state index is 12.7. The molecule has 0 aromatic carbocycles. The third kappa shape index (κ3) is 3.43. The standard InChI is InChI=1S/C16H26N4OS/c1-13-3-6-19(7-4-13)15(21)14(2)18-8-10-20(11-9-18)16-17-5-12-22-16/h5,12-14H,3-4,6-11H2,1-2H3/t14-/m0/s1. The summed E-state index contributed by atoms with van der Waals surface area (Å²) in [5, 5.41) is 3.12. The summed E-state index contributed by atoms with van der Waals surface area (Å²) < 4.78 is 0. The molecule has 0 radical (unpaired) electrons. The maximum atomic E-state index is 12.7. The number of likely N-dealkylation sites (tertiary alicyclic amines) is 1. The van der Waals surface area contributed by atoms with Gasteiger partial charge in [0.15, 0.2) is 5.13 Å². The van der Waals surface area contributed by atoms with Crippen LogP contribution in [-0.4, -0.2) is 66.0 Å². The molecule has 2 saturated heterocycles. The SMILES string of the molecule is CC1CCN(C(=O)[C@H](C)N2CCN(c3nccs3)CC2)CC1. The number of carbonyl (C=O) groups is 1. The first kappa shape index (κ1) is 15.7. The van der Waals surface area contributed by atoms with Gasteiger partial charge in [0, 0.05) is 50.8 Å². The number of aromatic nitrogens is 1. The minimum absolute atomic E-state index is 0.00634. The van der Waals surface area contributed by atoms with Crippen molar-refractivity contribution in [1.82, 2.24) is 14.8 Å². The number of nitrogens with zero attached hydrogens (tertiary/aromatic N) is 4. The van der Waals surface area contributed by atoms with Crippen molar-refractivity contribution in [3.8, 4) is 0 Å². The van der Waals surface area contributed by atoms with Crippen LogP contribution < -0.4 is 4.90 Å². The van der Waals surface area contributed by atoms with Crippen molar-refractivity contribution in [3.63, 3.8) is 0 Å². The Hall–Kier alpha value is -1.14. The van der Waals surface area contributed by atoms with E-state index in [-0.39, 0.29) is 6.04 Å². The minimum atomic E-state index is 0.00634. The van der Waals surface area contributed by atoms with E-state index in [0.29, 0.717) is 5.91 Å². The van der Waals surface area contributed by atoms with Crippen LogP contribution in [0.25, 0.3) is 0 Å². The van der Waals surface area contributed by atoms with Crippen LogP contribution in [0.3, 0.4) is 0 Å². The highest BCUT2D eigenvalue weighted by Crippen LogP contribution is 2.21. The van der Waals surface area contributed by atoms with Crippen molar-refractivity contribution in [3.05, 3.63) is 11.6 Å². The average molecular weight is 322 g/mol. The van der Waals surface area contributed by atoms with Gasteiger partial charge in [-0.25, -0.2) is 4.98 Å². The molecule has 0 spiro atoms. The minimum Gasteiger partial charge on any atom is -0.346 e. The van der Waals surface area contributed by atoms with E-state index in [1.807, 2.05) is 11.6 Å². The molecule has 2 fully saturated rings. The van der Waals surface area contributed by atoms with E-state index in [4.69, 9.17) is 0 Å². The van der Waals surface area contributed by atoms with Gasteiger partial charge in [-0.1, -0.05) is 6.92 Å². The topological polar surface area (TPSA) is 39.7 Å². The second-order valence-corrected chi connectivity index (χ2v) is 7.39.